The van der Waals surface area contributed by atoms with Crippen molar-refractivity contribution in [3.8, 4) is 11.3 Å². The highest BCUT2D eigenvalue weighted by Gasteiger charge is 2.14. The van der Waals surface area contributed by atoms with Crippen LogP contribution in [0.2, 0.25) is 0 Å². The van der Waals surface area contributed by atoms with E-state index in [1.54, 1.807) is 26.2 Å². The van der Waals surface area contributed by atoms with Crippen LogP contribution in [0.4, 0.5) is 10.3 Å². The zero-order valence-corrected chi connectivity index (χ0v) is 10.5. The van der Waals surface area contributed by atoms with Crippen molar-refractivity contribution in [2.45, 2.75) is 6.92 Å². The van der Waals surface area contributed by atoms with E-state index >= 15 is 0 Å². The molecule has 0 atom stereocenters. The minimum absolute atomic E-state index is 0.251. The summed E-state index contributed by atoms with van der Waals surface area (Å²) in [6.45, 7) is 1.73. The number of nitrogens with one attached hydrogen (secondary N) is 2. The molecule has 2 N–H and O–H groups in total. The van der Waals surface area contributed by atoms with Crippen LogP contribution in [0.15, 0.2) is 24.4 Å². The Labute approximate surface area is 108 Å². The quantitative estimate of drug-likeness (QED) is 0.740. The number of nitrogens with zero attached hydrogens (tertiary/aromatic N) is 3. The molecule has 0 bridgehead atoms. The van der Waals surface area contributed by atoms with Crippen LogP contribution >= 0.6 is 0 Å². The largest absolute Gasteiger partial charge is 0.357 e. The minimum Gasteiger partial charge on any atom is -0.357 e. The molecule has 5 nitrogen and oxygen atoms in total. The zero-order valence-electron chi connectivity index (χ0n) is 10.5. The molecule has 3 rings (SSSR count). The first-order valence-electron chi connectivity index (χ1n) is 5.85. The average Bonchev–Trinajstić information content (AvgIpc) is 2.89. The van der Waals surface area contributed by atoms with Gasteiger partial charge in [-0.3, -0.25) is 5.10 Å². The van der Waals surface area contributed by atoms with Gasteiger partial charge in [-0.2, -0.15) is 10.1 Å². The summed E-state index contributed by atoms with van der Waals surface area (Å²) in [5.41, 5.74) is 2.59. The summed E-state index contributed by atoms with van der Waals surface area (Å²) in [6.07, 6.45) is 1.65. The van der Waals surface area contributed by atoms with E-state index in [4.69, 9.17) is 0 Å². The molecule has 0 saturated carbocycles. The van der Waals surface area contributed by atoms with E-state index in [1.807, 2.05) is 6.07 Å². The molecule has 96 valence electrons. The molecular formula is C13H12FN5. The first-order valence-corrected chi connectivity index (χ1v) is 5.85. The van der Waals surface area contributed by atoms with Gasteiger partial charge in [0.05, 0.1) is 17.3 Å². The van der Waals surface area contributed by atoms with E-state index in [0.717, 1.165) is 10.9 Å². The molecule has 1 aromatic carbocycles. The predicted octanol–water partition coefficient (Wildman–Crippen LogP) is 2.51. The van der Waals surface area contributed by atoms with E-state index in [0.29, 0.717) is 22.9 Å². The Morgan fingerprint density at radius 3 is 2.89 bits per heavy atom. The molecule has 3 aromatic rings. The fourth-order valence-corrected chi connectivity index (χ4v) is 2.02. The Morgan fingerprint density at radius 2 is 2.11 bits per heavy atom. The van der Waals surface area contributed by atoms with Gasteiger partial charge in [-0.15, -0.1) is 0 Å². The molecule has 19 heavy (non-hydrogen) atoms. The fraction of sp³-hybridized carbons (Fsp3) is 0.154. The Kier molecular flexibility index (Phi) is 2.63. The second-order valence-electron chi connectivity index (χ2n) is 4.19. The second kappa shape index (κ2) is 4.31. The van der Waals surface area contributed by atoms with Gasteiger partial charge in [0.15, 0.2) is 5.65 Å². The fourth-order valence-electron chi connectivity index (χ4n) is 2.02. The SMILES string of the molecule is CNc1nc(-c2cccc(F)c2C)c2cn[nH]c2n1. The highest BCUT2D eigenvalue weighted by Crippen LogP contribution is 2.29. The van der Waals surface area contributed by atoms with Crippen molar-refractivity contribution >= 4 is 17.0 Å². The standard InChI is InChI=1S/C13H12FN5/c1-7-8(4-3-5-10(7)14)11-9-6-16-19-12(9)18-13(15-2)17-11/h3-6H,1-2H3,(H2,15,16,17,18,19). The number of hydrogen-bond donors (Lipinski definition) is 2. The number of aromatic nitrogens is 4. The highest BCUT2D eigenvalue weighted by molar-refractivity contribution is 5.91. The molecule has 0 spiro atoms. The topological polar surface area (TPSA) is 66.5 Å². The third-order valence-corrected chi connectivity index (χ3v) is 3.06. The van der Waals surface area contributed by atoms with Crippen molar-refractivity contribution in [1.29, 1.82) is 0 Å². The number of fused-ring (bicyclic) bond motifs is 1. The van der Waals surface area contributed by atoms with Crippen molar-refractivity contribution in [2.75, 3.05) is 12.4 Å². The van der Waals surface area contributed by atoms with Gasteiger partial charge in [-0.1, -0.05) is 12.1 Å². The third kappa shape index (κ3) is 1.81. The van der Waals surface area contributed by atoms with Gasteiger partial charge >= 0.3 is 0 Å². The molecule has 2 aromatic heterocycles. The average molecular weight is 257 g/mol. The lowest BCUT2D eigenvalue weighted by molar-refractivity contribution is 0.619. The molecule has 0 aliphatic carbocycles. The maximum atomic E-state index is 13.7. The Hall–Kier alpha value is -2.50. The third-order valence-electron chi connectivity index (χ3n) is 3.06. The number of H-pyrrole nitrogens is 1. The summed E-state index contributed by atoms with van der Waals surface area (Å²) >= 11 is 0. The van der Waals surface area contributed by atoms with Crippen LogP contribution in [0.5, 0.6) is 0 Å². The first kappa shape index (κ1) is 11.6. The van der Waals surface area contributed by atoms with E-state index in [1.165, 1.54) is 6.07 Å². The Balaban J connectivity index is 2.34. The van der Waals surface area contributed by atoms with Crippen LogP contribution in [-0.2, 0) is 0 Å². The van der Waals surface area contributed by atoms with Crippen molar-refractivity contribution < 1.29 is 4.39 Å². The molecule has 2 heterocycles. The van der Waals surface area contributed by atoms with E-state index in [9.17, 15) is 4.39 Å². The van der Waals surface area contributed by atoms with Crippen LogP contribution in [0.3, 0.4) is 0 Å². The van der Waals surface area contributed by atoms with E-state index in [-0.39, 0.29) is 5.82 Å². The van der Waals surface area contributed by atoms with Gasteiger partial charge in [-0.05, 0) is 18.6 Å². The monoisotopic (exact) mass is 257 g/mol. The van der Waals surface area contributed by atoms with Crippen molar-refractivity contribution in [2.24, 2.45) is 0 Å². The van der Waals surface area contributed by atoms with Crippen LogP contribution in [0.1, 0.15) is 5.56 Å². The van der Waals surface area contributed by atoms with Gasteiger partial charge in [0.1, 0.15) is 5.82 Å². The van der Waals surface area contributed by atoms with Crippen LogP contribution in [-0.4, -0.2) is 27.2 Å². The second-order valence-corrected chi connectivity index (χ2v) is 4.19. The van der Waals surface area contributed by atoms with Gasteiger partial charge in [0.2, 0.25) is 5.95 Å². The van der Waals surface area contributed by atoms with Crippen LogP contribution < -0.4 is 5.32 Å². The molecule has 0 amide bonds. The molecule has 0 radical (unpaired) electrons. The van der Waals surface area contributed by atoms with Crippen LogP contribution in [0, 0.1) is 12.7 Å². The van der Waals surface area contributed by atoms with Gasteiger partial charge < -0.3 is 5.32 Å². The highest BCUT2D eigenvalue weighted by atomic mass is 19.1. The number of aromatic amines is 1. The molecule has 0 aliphatic heterocycles. The lowest BCUT2D eigenvalue weighted by Crippen LogP contribution is -1.99. The van der Waals surface area contributed by atoms with Crippen molar-refractivity contribution in [3.63, 3.8) is 0 Å². The maximum absolute atomic E-state index is 13.7. The summed E-state index contributed by atoms with van der Waals surface area (Å²) in [5.74, 6) is 0.217. The molecule has 0 unspecified atom stereocenters. The maximum Gasteiger partial charge on any atom is 0.225 e. The van der Waals surface area contributed by atoms with Gasteiger partial charge in [0, 0.05) is 12.6 Å². The van der Waals surface area contributed by atoms with E-state index < -0.39 is 0 Å². The summed E-state index contributed by atoms with van der Waals surface area (Å²) in [5, 5.41) is 10.4. The number of anilines is 1. The smallest absolute Gasteiger partial charge is 0.225 e. The van der Waals surface area contributed by atoms with Gasteiger partial charge in [0.25, 0.3) is 0 Å². The predicted molar refractivity (Wildman–Crippen MR) is 71.4 cm³/mol. The number of rotatable bonds is 2. The summed E-state index contributed by atoms with van der Waals surface area (Å²) in [7, 11) is 1.74. The molecule has 0 saturated heterocycles. The Bertz CT molecular complexity index is 750. The summed E-state index contributed by atoms with van der Waals surface area (Å²) in [4.78, 5) is 8.67. The minimum atomic E-state index is -0.251. The van der Waals surface area contributed by atoms with Crippen LogP contribution in [0.25, 0.3) is 22.3 Å². The molecule has 0 fully saturated rings. The molecular weight excluding hydrogens is 245 g/mol. The van der Waals surface area contributed by atoms with Gasteiger partial charge in [-0.25, -0.2) is 9.37 Å². The van der Waals surface area contributed by atoms with E-state index in [2.05, 4.69) is 25.5 Å². The Morgan fingerprint density at radius 1 is 1.26 bits per heavy atom. The molecule has 6 heteroatoms. The normalized spacial score (nSPS) is 10.9. The lowest BCUT2D eigenvalue weighted by atomic mass is 10.0. The summed E-state index contributed by atoms with van der Waals surface area (Å²) in [6, 6.07) is 4.95. The van der Waals surface area contributed by atoms with Crippen molar-refractivity contribution in [1.82, 2.24) is 20.2 Å². The number of hydrogen-bond acceptors (Lipinski definition) is 4. The molecule has 0 aliphatic rings. The first-order chi connectivity index (χ1) is 9.20. The van der Waals surface area contributed by atoms with Crippen molar-refractivity contribution in [3.05, 3.63) is 35.8 Å². The summed E-state index contributed by atoms with van der Waals surface area (Å²) < 4.78 is 13.7. The lowest BCUT2D eigenvalue weighted by Gasteiger charge is -2.08. The number of halogens is 1. The number of benzene rings is 1. The zero-order chi connectivity index (χ0) is 13.4.